The molecule has 3 rings (SSSR count). The molecule has 1 amide bonds. The predicted molar refractivity (Wildman–Crippen MR) is 92.5 cm³/mol. The average Bonchev–Trinajstić information content (AvgIpc) is 2.60. The first-order chi connectivity index (χ1) is 11.4. The molecule has 128 valence electrons. The normalized spacial score (nSPS) is 15.9. The summed E-state index contributed by atoms with van der Waals surface area (Å²) < 4.78 is 6.08. The van der Waals surface area contributed by atoms with Crippen molar-refractivity contribution in [1.82, 2.24) is 4.90 Å². The monoisotopic (exact) mass is 329 g/mol. The second kappa shape index (κ2) is 6.30. The number of hydrogen-bond donors (Lipinski definition) is 1. The van der Waals surface area contributed by atoms with Gasteiger partial charge < -0.3 is 14.4 Å². The average molecular weight is 329 g/mol. The molecule has 1 fully saturated rings. The minimum absolute atomic E-state index is 0.0404. The van der Waals surface area contributed by atoms with Gasteiger partial charge in [0.05, 0.1) is 5.39 Å². The van der Waals surface area contributed by atoms with E-state index in [4.69, 9.17) is 4.42 Å². The number of carbonyl (C=O) groups is 1. The zero-order chi connectivity index (χ0) is 17.4. The number of aromatic hydroxyl groups is 1. The van der Waals surface area contributed by atoms with Crippen LogP contribution in [0, 0.1) is 13.8 Å². The summed E-state index contributed by atoms with van der Waals surface area (Å²) in [5.74, 6) is 1.13. The van der Waals surface area contributed by atoms with Crippen molar-refractivity contribution in [2.75, 3.05) is 13.1 Å². The van der Waals surface area contributed by atoms with Gasteiger partial charge in [0.15, 0.2) is 5.43 Å². The molecule has 1 aliphatic rings. The maximum Gasteiger partial charge on any atom is 0.222 e. The first-order valence-electron chi connectivity index (χ1n) is 8.47. The van der Waals surface area contributed by atoms with Gasteiger partial charge in [-0.25, -0.2) is 0 Å². The molecule has 0 unspecified atom stereocenters. The highest BCUT2D eigenvalue weighted by atomic mass is 16.3. The van der Waals surface area contributed by atoms with E-state index in [1.807, 2.05) is 11.8 Å². The molecule has 0 atom stereocenters. The highest BCUT2D eigenvalue weighted by molar-refractivity contribution is 5.82. The highest BCUT2D eigenvalue weighted by Gasteiger charge is 2.27. The summed E-state index contributed by atoms with van der Waals surface area (Å²) in [4.78, 5) is 26.4. The number of likely N-dealkylation sites (tertiary alicyclic amines) is 1. The van der Waals surface area contributed by atoms with Crippen molar-refractivity contribution in [1.29, 1.82) is 0 Å². The van der Waals surface area contributed by atoms with Crippen molar-refractivity contribution in [2.45, 2.75) is 46.0 Å². The van der Waals surface area contributed by atoms with Crippen LogP contribution in [0.4, 0.5) is 0 Å². The first-order valence-corrected chi connectivity index (χ1v) is 8.47. The smallest absolute Gasteiger partial charge is 0.222 e. The summed E-state index contributed by atoms with van der Waals surface area (Å²) in [6, 6.07) is 3.14. The molecule has 0 spiro atoms. The van der Waals surface area contributed by atoms with Crippen LogP contribution in [0.3, 0.4) is 0 Å². The van der Waals surface area contributed by atoms with E-state index in [1.165, 1.54) is 6.07 Å². The Labute approximate surface area is 140 Å². The summed E-state index contributed by atoms with van der Waals surface area (Å²) >= 11 is 0. The SMILES string of the molecule is CCC(=O)N1CCC(c2oc3c(C)c(O)ccc3c(=O)c2C)CC1. The standard InChI is InChI=1S/C19H23NO4/c1-4-16(22)20-9-7-13(8-10-20)18-12(3)17(23)14-5-6-15(21)11(2)19(14)24-18/h5-6,13,21H,4,7-10H2,1-3H3. The minimum Gasteiger partial charge on any atom is -0.508 e. The van der Waals surface area contributed by atoms with E-state index in [0.29, 0.717) is 47.4 Å². The van der Waals surface area contributed by atoms with Crippen molar-refractivity contribution in [3.8, 4) is 5.75 Å². The summed E-state index contributed by atoms with van der Waals surface area (Å²) in [6.07, 6.45) is 2.10. The van der Waals surface area contributed by atoms with Crippen LogP contribution in [0.2, 0.25) is 0 Å². The van der Waals surface area contributed by atoms with Crippen molar-refractivity contribution in [2.24, 2.45) is 0 Å². The highest BCUT2D eigenvalue weighted by Crippen LogP contribution is 2.33. The molecule has 0 bridgehead atoms. The predicted octanol–water partition coefficient (Wildman–Crippen LogP) is 3.23. The molecule has 1 saturated heterocycles. The Kier molecular flexibility index (Phi) is 4.35. The Morgan fingerprint density at radius 3 is 2.54 bits per heavy atom. The largest absolute Gasteiger partial charge is 0.508 e. The number of nitrogens with zero attached hydrogens (tertiary/aromatic N) is 1. The molecule has 1 aromatic carbocycles. The number of fused-ring (bicyclic) bond motifs is 1. The van der Waals surface area contributed by atoms with Crippen LogP contribution in [0.1, 0.15) is 49.0 Å². The van der Waals surface area contributed by atoms with Gasteiger partial charge in [0.2, 0.25) is 5.91 Å². The quantitative estimate of drug-likeness (QED) is 0.918. The van der Waals surface area contributed by atoms with E-state index in [1.54, 1.807) is 19.9 Å². The lowest BCUT2D eigenvalue weighted by Crippen LogP contribution is -2.37. The Morgan fingerprint density at radius 1 is 1.25 bits per heavy atom. The van der Waals surface area contributed by atoms with Crippen LogP contribution in [0.5, 0.6) is 5.75 Å². The topological polar surface area (TPSA) is 70.8 Å². The van der Waals surface area contributed by atoms with Crippen molar-refractivity contribution in [3.63, 3.8) is 0 Å². The number of hydrogen-bond acceptors (Lipinski definition) is 4. The van der Waals surface area contributed by atoms with Gasteiger partial charge in [0.25, 0.3) is 0 Å². The molecule has 1 aliphatic heterocycles. The van der Waals surface area contributed by atoms with E-state index >= 15 is 0 Å². The number of phenols is 1. The third kappa shape index (κ3) is 2.68. The zero-order valence-corrected chi connectivity index (χ0v) is 14.4. The van der Waals surface area contributed by atoms with Crippen molar-refractivity contribution >= 4 is 16.9 Å². The molecule has 1 aromatic heterocycles. The van der Waals surface area contributed by atoms with Crippen LogP contribution in [-0.4, -0.2) is 29.0 Å². The molecule has 0 saturated carbocycles. The van der Waals surface area contributed by atoms with Gasteiger partial charge in [-0.05, 0) is 38.8 Å². The molecule has 0 radical (unpaired) electrons. The molecular formula is C19H23NO4. The minimum atomic E-state index is -0.0404. The molecule has 2 heterocycles. The molecule has 24 heavy (non-hydrogen) atoms. The number of rotatable bonds is 2. The van der Waals surface area contributed by atoms with E-state index in [-0.39, 0.29) is 23.0 Å². The number of phenolic OH excluding ortho intramolecular Hbond substituents is 1. The third-order valence-corrected chi connectivity index (χ3v) is 5.07. The van der Waals surface area contributed by atoms with Gasteiger partial charge >= 0.3 is 0 Å². The van der Waals surface area contributed by atoms with E-state index < -0.39 is 0 Å². The van der Waals surface area contributed by atoms with E-state index in [9.17, 15) is 14.7 Å². The zero-order valence-electron chi connectivity index (χ0n) is 14.4. The summed E-state index contributed by atoms with van der Waals surface area (Å²) in [7, 11) is 0. The van der Waals surface area contributed by atoms with Gasteiger partial charge in [-0.2, -0.15) is 0 Å². The number of aryl methyl sites for hydroxylation is 1. The number of amides is 1. The van der Waals surface area contributed by atoms with Crippen LogP contribution >= 0.6 is 0 Å². The van der Waals surface area contributed by atoms with E-state index in [0.717, 1.165) is 12.8 Å². The maximum atomic E-state index is 12.7. The van der Waals surface area contributed by atoms with E-state index in [2.05, 4.69) is 0 Å². The summed E-state index contributed by atoms with van der Waals surface area (Å²) in [6.45, 7) is 6.81. The van der Waals surface area contributed by atoms with Gasteiger partial charge in [0.1, 0.15) is 17.1 Å². The van der Waals surface area contributed by atoms with Crippen molar-refractivity contribution in [3.05, 3.63) is 39.2 Å². The maximum absolute atomic E-state index is 12.7. The van der Waals surface area contributed by atoms with Crippen LogP contribution in [0.15, 0.2) is 21.3 Å². The second-order valence-electron chi connectivity index (χ2n) is 6.52. The molecule has 0 aliphatic carbocycles. The fraction of sp³-hybridized carbons (Fsp3) is 0.474. The lowest BCUT2D eigenvalue weighted by molar-refractivity contribution is -0.131. The van der Waals surface area contributed by atoms with Crippen LogP contribution < -0.4 is 5.43 Å². The third-order valence-electron chi connectivity index (χ3n) is 5.07. The Morgan fingerprint density at radius 2 is 1.92 bits per heavy atom. The Bertz CT molecular complexity index is 845. The van der Waals surface area contributed by atoms with Crippen molar-refractivity contribution < 1.29 is 14.3 Å². The first kappa shape index (κ1) is 16.6. The fourth-order valence-electron chi connectivity index (χ4n) is 3.50. The number of carbonyl (C=O) groups excluding carboxylic acids is 1. The number of benzene rings is 1. The molecule has 1 N–H and O–H groups in total. The Balaban J connectivity index is 1.99. The second-order valence-corrected chi connectivity index (χ2v) is 6.52. The van der Waals surface area contributed by atoms with Crippen LogP contribution in [-0.2, 0) is 4.79 Å². The molecule has 2 aromatic rings. The summed E-state index contributed by atoms with van der Waals surface area (Å²) in [5.41, 5.74) is 1.64. The van der Waals surface area contributed by atoms with Gasteiger partial charge in [-0.3, -0.25) is 9.59 Å². The van der Waals surface area contributed by atoms with Gasteiger partial charge in [0, 0.05) is 36.6 Å². The Hall–Kier alpha value is -2.30. The van der Waals surface area contributed by atoms with Gasteiger partial charge in [-0.1, -0.05) is 6.92 Å². The van der Waals surface area contributed by atoms with Crippen LogP contribution in [0.25, 0.3) is 11.0 Å². The fourth-order valence-corrected chi connectivity index (χ4v) is 3.50. The molecule has 5 heteroatoms. The molecular weight excluding hydrogens is 306 g/mol. The summed E-state index contributed by atoms with van der Waals surface area (Å²) in [5, 5.41) is 10.4. The number of piperidine rings is 1. The lowest BCUT2D eigenvalue weighted by Gasteiger charge is -2.31. The van der Waals surface area contributed by atoms with Gasteiger partial charge in [-0.15, -0.1) is 0 Å². The lowest BCUT2D eigenvalue weighted by atomic mass is 9.91. The molecule has 5 nitrogen and oxygen atoms in total.